The number of ether oxygens (including phenoxy) is 1. The minimum atomic E-state index is -0.370. The maximum absolute atomic E-state index is 12.3. The number of hydrogen-bond acceptors (Lipinski definition) is 4. The number of anilines is 2. The molecule has 1 aromatic heterocycles. The second kappa shape index (κ2) is 9.18. The van der Waals surface area contributed by atoms with Crippen molar-refractivity contribution in [3.8, 4) is 5.75 Å². The van der Waals surface area contributed by atoms with Gasteiger partial charge in [0.2, 0.25) is 0 Å². The van der Waals surface area contributed by atoms with Gasteiger partial charge in [0.1, 0.15) is 11.6 Å². The van der Waals surface area contributed by atoms with Crippen LogP contribution in [0.25, 0.3) is 0 Å². The number of methoxy groups -OCH3 is 1. The van der Waals surface area contributed by atoms with Crippen LogP contribution in [0.4, 0.5) is 16.3 Å². The third kappa shape index (κ3) is 5.31. The van der Waals surface area contributed by atoms with Gasteiger partial charge in [0, 0.05) is 24.0 Å². The fraction of sp³-hybridized carbons (Fsp3) is 0.0952. The van der Waals surface area contributed by atoms with Crippen molar-refractivity contribution >= 4 is 23.4 Å². The number of carbonyl (C=O) groups is 2. The fourth-order valence-corrected chi connectivity index (χ4v) is 2.50. The lowest BCUT2D eigenvalue weighted by atomic mass is 10.2. The summed E-state index contributed by atoms with van der Waals surface area (Å²) in [5.41, 5.74) is 1.84. The first kappa shape index (κ1) is 18.9. The van der Waals surface area contributed by atoms with E-state index in [4.69, 9.17) is 4.74 Å². The first-order valence-corrected chi connectivity index (χ1v) is 8.64. The van der Waals surface area contributed by atoms with E-state index in [1.165, 1.54) is 0 Å². The van der Waals surface area contributed by atoms with Gasteiger partial charge in [-0.2, -0.15) is 0 Å². The van der Waals surface area contributed by atoms with E-state index in [-0.39, 0.29) is 11.9 Å². The molecule has 0 aliphatic rings. The molecule has 3 aromatic rings. The van der Waals surface area contributed by atoms with E-state index in [0.717, 1.165) is 11.3 Å². The average molecular weight is 376 g/mol. The van der Waals surface area contributed by atoms with Crippen molar-refractivity contribution in [3.05, 3.63) is 84.1 Å². The molecule has 7 heteroatoms. The smallest absolute Gasteiger partial charge is 0.319 e. The lowest BCUT2D eigenvalue weighted by molar-refractivity contribution is 0.102. The minimum Gasteiger partial charge on any atom is -0.497 e. The van der Waals surface area contributed by atoms with E-state index in [1.807, 2.05) is 24.3 Å². The van der Waals surface area contributed by atoms with Gasteiger partial charge in [0.15, 0.2) is 0 Å². The Bertz CT molecular complexity index is 961. The SMILES string of the molecule is COc1cccc(CNC(=O)Nc2cccc(C(=O)Nc3ccccn3)c2)c1. The maximum atomic E-state index is 12.3. The Hall–Kier alpha value is -3.87. The predicted molar refractivity (Wildman–Crippen MR) is 107 cm³/mol. The van der Waals surface area contributed by atoms with E-state index < -0.39 is 0 Å². The van der Waals surface area contributed by atoms with Crippen molar-refractivity contribution in [3.63, 3.8) is 0 Å². The summed E-state index contributed by atoms with van der Waals surface area (Å²) in [7, 11) is 1.59. The number of urea groups is 1. The van der Waals surface area contributed by atoms with Crippen LogP contribution in [0.5, 0.6) is 5.75 Å². The summed E-state index contributed by atoms with van der Waals surface area (Å²) in [6, 6.07) is 19.0. The maximum Gasteiger partial charge on any atom is 0.319 e. The molecule has 0 radical (unpaired) electrons. The molecular weight excluding hydrogens is 356 g/mol. The first-order chi connectivity index (χ1) is 13.6. The predicted octanol–water partition coefficient (Wildman–Crippen LogP) is 3.66. The number of rotatable bonds is 6. The van der Waals surface area contributed by atoms with Crippen LogP contribution in [0.1, 0.15) is 15.9 Å². The van der Waals surface area contributed by atoms with Gasteiger partial charge < -0.3 is 20.7 Å². The Morgan fingerprint density at radius 3 is 2.61 bits per heavy atom. The van der Waals surface area contributed by atoms with Gasteiger partial charge in [-0.3, -0.25) is 4.79 Å². The number of nitrogens with one attached hydrogen (secondary N) is 3. The Morgan fingerprint density at radius 2 is 1.82 bits per heavy atom. The lowest BCUT2D eigenvalue weighted by Gasteiger charge is -2.10. The number of amides is 3. The Morgan fingerprint density at radius 1 is 0.964 bits per heavy atom. The van der Waals surface area contributed by atoms with Crippen LogP contribution in [0.3, 0.4) is 0 Å². The van der Waals surface area contributed by atoms with Gasteiger partial charge in [-0.15, -0.1) is 0 Å². The number of pyridine rings is 1. The molecule has 3 amide bonds. The molecular formula is C21H20N4O3. The van der Waals surface area contributed by atoms with Crippen molar-refractivity contribution in [2.45, 2.75) is 6.54 Å². The number of aromatic nitrogens is 1. The van der Waals surface area contributed by atoms with Gasteiger partial charge in [-0.05, 0) is 48.0 Å². The number of carbonyl (C=O) groups excluding carboxylic acids is 2. The first-order valence-electron chi connectivity index (χ1n) is 8.64. The topological polar surface area (TPSA) is 92.4 Å². The van der Waals surface area contributed by atoms with E-state index in [2.05, 4.69) is 20.9 Å². The minimum absolute atomic E-state index is 0.306. The van der Waals surface area contributed by atoms with Gasteiger partial charge in [-0.25, -0.2) is 9.78 Å². The highest BCUT2D eigenvalue weighted by molar-refractivity contribution is 6.04. The Kier molecular flexibility index (Phi) is 6.20. The molecule has 0 saturated heterocycles. The molecule has 1 heterocycles. The van der Waals surface area contributed by atoms with Crippen molar-refractivity contribution in [2.24, 2.45) is 0 Å². The van der Waals surface area contributed by atoms with E-state index in [1.54, 1.807) is 55.8 Å². The van der Waals surface area contributed by atoms with Crippen molar-refractivity contribution in [1.29, 1.82) is 0 Å². The zero-order valence-corrected chi connectivity index (χ0v) is 15.3. The molecule has 7 nitrogen and oxygen atoms in total. The molecule has 0 atom stereocenters. The lowest BCUT2D eigenvalue weighted by Crippen LogP contribution is -2.28. The molecule has 3 rings (SSSR count). The van der Waals surface area contributed by atoms with Crippen LogP contribution < -0.4 is 20.7 Å². The highest BCUT2D eigenvalue weighted by Gasteiger charge is 2.09. The van der Waals surface area contributed by atoms with Crippen LogP contribution in [0, 0.1) is 0 Å². The average Bonchev–Trinajstić information content (AvgIpc) is 2.73. The van der Waals surface area contributed by atoms with Crippen LogP contribution in [-0.4, -0.2) is 24.0 Å². The van der Waals surface area contributed by atoms with Gasteiger partial charge in [0.25, 0.3) is 5.91 Å². The van der Waals surface area contributed by atoms with Crippen LogP contribution in [0.2, 0.25) is 0 Å². The van der Waals surface area contributed by atoms with Crippen LogP contribution in [-0.2, 0) is 6.54 Å². The number of nitrogens with zero attached hydrogens (tertiary/aromatic N) is 1. The molecule has 0 fully saturated rings. The summed E-state index contributed by atoms with van der Waals surface area (Å²) >= 11 is 0. The highest BCUT2D eigenvalue weighted by atomic mass is 16.5. The van der Waals surface area contributed by atoms with Crippen LogP contribution >= 0.6 is 0 Å². The zero-order valence-electron chi connectivity index (χ0n) is 15.3. The summed E-state index contributed by atoms with van der Waals surface area (Å²) in [6.45, 7) is 0.350. The summed E-state index contributed by atoms with van der Waals surface area (Å²) in [5, 5.41) is 8.20. The van der Waals surface area contributed by atoms with E-state index >= 15 is 0 Å². The molecule has 2 aromatic carbocycles. The summed E-state index contributed by atoms with van der Waals surface area (Å²) < 4.78 is 5.16. The summed E-state index contributed by atoms with van der Waals surface area (Å²) in [4.78, 5) is 28.5. The second-order valence-corrected chi connectivity index (χ2v) is 5.91. The molecule has 3 N–H and O–H groups in total. The van der Waals surface area contributed by atoms with Crippen molar-refractivity contribution < 1.29 is 14.3 Å². The molecule has 28 heavy (non-hydrogen) atoms. The van der Waals surface area contributed by atoms with Crippen LogP contribution in [0.15, 0.2) is 72.9 Å². The Balaban J connectivity index is 1.57. The number of benzene rings is 2. The summed E-state index contributed by atoms with van der Waals surface area (Å²) in [5.74, 6) is 0.882. The fourth-order valence-electron chi connectivity index (χ4n) is 2.50. The van der Waals surface area contributed by atoms with E-state index in [0.29, 0.717) is 23.6 Å². The van der Waals surface area contributed by atoms with Gasteiger partial charge in [0.05, 0.1) is 7.11 Å². The highest BCUT2D eigenvalue weighted by Crippen LogP contribution is 2.14. The molecule has 0 spiro atoms. The number of hydrogen-bond donors (Lipinski definition) is 3. The Labute approximate surface area is 162 Å². The zero-order chi connectivity index (χ0) is 19.8. The molecule has 0 aliphatic carbocycles. The monoisotopic (exact) mass is 376 g/mol. The van der Waals surface area contributed by atoms with Crippen molar-refractivity contribution in [1.82, 2.24) is 10.3 Å². The molecule has 0 saturated carbocycles. The van der Waals surface area contributed by atoms with Crippen molar-refractivity contribution in [2.75, 3.05) is 17.7 Å². The van der Waals surface area contributed by atoms with Gasteiger partial charge >= 0.3 is 6.03 Å². The van der Waals surface area contributed by atoms with E-state index in [9.17, 15) is 9.59 Å². The molecule has 0 unspecified atom stereocenters. The quantitative estimate of drug-likeness (QED) is 0.612. The molecule has 0 aliphatic heterocycles. The van der Waals surface area contributed by atoms with Gasteiger partial charge in [-0.1, -0.05) is 24.3 Å². The molecule has 142 valence electrons. The summed E-state index contributed by atoms with van der Waals surface area (Å²) in [6.07, 6.45) is 1.60. The second-order valence-electron chi connectivity index (χ2n) is 5.91. The third-order valence-corrected chi connectivity index (χ3v) is 3.88. The molecule has 0 bridgehead atoms. The normalized spacial score (nSPS) is 10.0. The third-order valence-electron chi connectivity index (χ3n) is 3.88. The standard InChI is InChI=1S/C21H20N4O3/c1-28-18-9-4-6-15(12-18)14-23-21(27)24-17-8-5-7-16(13-17)20(26)25-19-10-2-3-11-22-19/h2-13H,14H2,1H3,(H,22,25,26)(H2,23,24,27). The largest absolute Gasteiger partial charge is 0.497 e.